The lowest BCUT2D eigenvalue weighted by Gasteiger charge is -2.14. The Morgan fingerprint density at radius 2 is 1.67 bits per heavy atom. The molecule has 0 aromatic heterocycles. The van der Waals surface area contributed by atoms with Crippen molar-refractivity contribution in [3.63, 3.8) is 0 Å². The van der Waals surface area contributed by atoms with Gasteiger partial charge in [0.25, 0.3) is 0 Å². The number of carbonyl (C=O) groups excluding carboxylic acids is 1. The Hall–Kier alpha value is -4.06. The van der Waals surface area contributed by atoms with Gasteiger partial charge >= 0.3 is 12.1 Å². The van der Waals surface area contributed by atoms with Gasteiger partial charge in [-0.1, -0.05) is 66.7 Å². The average molecular weight is 443 g/mol. The summed E-state index contributed by atoms with van der Waals surface area (Å²) in [6, 6.07) is 21.4. The van der Waals surface area contributed by atoms with Crippen molar-refractivity contribution in [1.82, 2.24) is 5.32 Å². The molecule has 1 amide bonds. The molecule has 1 aliphatic carbocycles. The first kappa shape index (κ1) is 22.1. The molecule has 33 heavy (non-hydrogen) atoms. The lowest BCUT2D eigenvalue weighted by Crippen LogP contribution is -2.26. The molecule has 0 spiro atoms. The summed E-state index contributed by atoms with van der Waals surface area (Å²) in [5.41, 5.74) is 5.59. The monoisotopic (exact) mass is 443 g/mol. The number of benzene rings is 3. The fraction of sp³-hybridized carbons (Fsp3) is 0.185. The Bertz CT molecular complexity index is 1160. The quantitative estimate of drug-likeness (QED) is 0.460. The van der Waals surface area contributed by atoms with Crippen LogP contribution in [0.5, 0.6) is 5.75 Å². The van der Waals surface area contributed by atoms with Crippen LogP contribution >= 0.6 is 0 Å². The smallest absolute Gasteiger partial charge is 0.407 e. The van der Waals surface area contributed by atoms with Crippen LogP contribution in [0.4, 0.5) is 4.79 Å². The molecule has 1 aliphatic rings. The molecule has 0 aliphatic heterocycles. The molecular formula is C27H25NO5. The van der Waals surface area contributed by atoms with Crippen molar-refractivity contribution in [3.05, 3.63) is 95.1 Å². The summed E-state index contributed by atoms with van der Waals surface area (Å²) in [6.07, 6.45) is 3.81. The van der Waals surface area contributed by atoms with E-state index >= 15 is 0 Å². The van der Waals surface area contributed by atoms with Gasteiger partial charge in [0.05, 0.1) is 7.11 Å². The Labute approximate surface area is 192 Å². The molecule has 6 heteroatoms. The summed E-state index contributed by atoms with van der Waals surface area (Å²) in [5.74, 6) is -0.697. The second-order valence-electron chi connectivity index (χ2n) is 7.71. The molecule has 0 heterocycles. The van der Waals surface area contributed by atoms with E-state index in [4.69, 9.17) is 9.47 Å². The maximum absolute atomic E-state index is 12.2. The van der Waals surface area contributed by atoms with Crippen LogP contribution < -0.4 is 10.1 Å². The number of fused-ring (bicyclic) bond motifs is 3. The Kier molecular flexibility index (Phi) is 6.74. The second-order valence-corrected chi connectivity index (χ2v) is 7.71. The van der Waals surface area contributed by atoms with Gasteiger partial charge in [-0.25, -0.2) is 9.59 Å². The summed E-state index contributed by atoms with van der Waals surface area (Å²) in [5, 5.41) is 12.0. The molecule has 0 unspecified atom stereocenters. The highest BCUT2D eigenvalue weighted by molar-refractivity contribution is 5.91. The van der Waals surface area contributed by atoms with E-state index in [9.17, 15) is 14.7 Å². The largest absolute Gasteiger partial charge is 0.496 e. The van der Waals surface area contributed by atoms with Crippen molar-refractivity contribution < 1.29 is 24.2 Å². The predicted octanol–water partition coefficient (Wildman–Crippen LogP) is 5.34. The molecule has 0 fully saturated rings. The Morgan fingerprint density at radius 3 is 2.30 bits per heavy atom. The number of alkyl carbamates (subject to hydrolysis) is 1. The maximum Gasteiger partial charge on any atom is 0.407 e. The van der Waals surface area contributed by atoms with Crippen LogP contribution in [0.1, 0.15) is 39.4 Å². The summed E-state index contributed by atoms with van der Waals surface area (Å²) < 4.78 is 10.6. The standard InChI is InChI=1S/C27H25NO5/c1-32-25-14-13-18(16-23(25)26(29)30)8-6-7-15-28-27(31)33-17-24-21-11-4-2-9-19(21)20-10-3-5-12-22(20)24/h2-6,8-14,16,24H,7,15,17H2,1H3,(H,28,31)(H,29,30). The van der Waals surface area contributed by atoms with Crippen LogP contribution in [0.15, 0.2) is 72.8 Å². The third-order valence-corrected chi connectivity index (χ3v) is 5.69. The Morgan fingerprint density at radius 1 is 1.00 bits per heavy atom. The molecule has 0 saturated carbocycles. The second kappa shape index (κ2) is 10.0. The molecule has 0 atom stereocenters. The van der Waals surface area contributed by atoms with Crippen LogP contribution in [0.25, 0.3) is 17.2 Å². The van der Waals surface area contributed by atoms with Crippen LogP contribution in [0.2, 0.25) is 0 Å². The zero-order valence-electron chi connectivity index (χ0n) is 18.3. The topological polar surface area (TPSA) is 84.9 Å². The minimum atomic E-state index is -1.04. The highest BCUT2D eigenvalue weighted by atomic mass is 16.5. The first-order valence-corrected chi connectivity index (χ1v) is 10.7. The fourth-order valence-electron chi connectivity index (χ4n) is 4.12. The molecule has 168 valence electrons. The minimum Gasteiger partial charge on any atom is -0.496 e. The van der Waals surface area contributed by atoms with Crippen LogP contribution in [0, 0.1) is 0 Å². The number of hydrogen-bond acceptors (Lipinski definition) is 4. The molecule has 0 bridgehead atoms. The first-order valence-electron chi connectivity index (χ1n) is 10.7. The van der Waals surface area contributed by atoms with Gasteiger partial charge in [0.1, 0.15) is 17.9 Å². The molecule has 0 saturated heterocycles. The van der Waals surface area contributed by atoms with E-state index in [2.05, 4.69) is 29.6 Å². The number of aromatic carboxylic acids is 1. The summed E-state index contributed by atoms with van der Waals surface area (Å²) in [6.45, 7) is 0.689. The average Bonchev–Trinajstić information content (AvgIpc) is 3.16. The summed E-state index contributed by atoms with van der Waals surface area (Å²) >= 11 is 0. The van der Waals surface area contributed by atoms with Gasteiger partial charge < -0.3 is 19.9 Å². The SMILES string of the molecule is COc1ccc(C=CCCNC(=O)OCC2c3ccccc3-c3ccccc32)cc1C(=O)O. The van der Waals surface area contributed by atoms with E-state index in [1.165, 1.54) is 29.4 Å². The number of methoxy groups -OCH3 is 1. The fourth-order valence-corrected chi connectivity index (χ4v) is 4.12. The number of ether oxygens (including phenoxy) is 2. The number of carbonyl (C=O) groups is 2. The van der Waals surface area contributed by atoms with Crippen molar-refractivity contribution in [3.8, 4) is 16.9 Å². The number of hydrogen-bond donors (Lipinski definition) is 2. The van der Waals surface area contributed by atoms with E-state index in [-0.39, 0.29) is 18.1 Å². The zero-order valence-corrected chi connectivity index (χ0v) is 18.3. The lowest BCUT2D eigenvalue weighted by atomic mass is 9.98. The van der Waals surface area contributed by atoms with Crippen LogP contribution in [-0.2, 0) is 4.74 Å². The summed E-state index contributed by atoms with van der Waals surface area (Å²) in [4.78, 5) is 23.5. The number of carboxylic acids is 1. The zero-order chi connectivity index (χ0) is 23.2. The van der Waals surface area contributed by atoms with Crippen molar-refractivity contribution in [2.45, 2.75) is 12.3 Å². The molecular weight excluding hydrogens is 418 g/mol. The molecule has 0 radical (unpaired) electrons. The number of amides is 1. The van der Waals surface area contributed by atoms with Gasteiger partial charge in [-0.15, -0.1) is 0 Å². The molecule has 2 N–H and O–H groups in total. The normalized spacial score (nSPS) is 12.3. The minimum absolute atomic E-state index is 0.0292. The highest BCUT2D eigenvalue weighted by Crippen LogP contribution is 2.44. The molecule has 6 nitrogen and oxygen atoms in total. The number of nitrogens with one attached hydrogen (secondary N) is 1. The summed E-state index contributed by atoms with van der Waals surface area (Å²) in [7, 11) is 1.44. The van der Waals surface area contributed by atoms with E-state index in [1.54, 1.807) is 18.2 Å². The van der Waals surface area contributed by atoms with E-state index in [0.717, 1.165) is 5.56 Å². The van der Waals surface area contributed by atoms with E-state index in [0.29, 0.717) is 18.7 Å². The number of rotatable bonds is 8. The third-order valence-electron chi connectivity index (χ3n) is 5.69. The van der Waals surface area contributed by atoms with Gasteiger partial charge in [-0.2, -0.15) is 0 Å². The van der Waals surface area contributed by atoms with Gasteiger partial charge in [-0.05, 0) is 46.4 Å². The highest BCUT2D eigenvalue weighted by Gasteiger charge is 2.28. The van der Waals surface area contributed by atoms with E-state index in [1.807, 2.05) is 36.4 Å². The van der Waals surface area contributed by atoms with Crippen LogP contribution in [-0.4, -0.2) is 37.4 Å². The van der Waals surface area contributed by atoms with Crippen molar-refractivity contribution in [2.75, 3.05) is 20.3 Å². The van der Waals surface area contributed by atoms with Gasteiger partial charge in [0.15, 0.2) is 0 Å². The lowest BCUT2D eigenvalue weighted by molar-refractivity contribution is 0.0693. The molecule has 3 aromatic rings. The molecule has 3 aromatic carbocycles. The van der Waals surface area contributed by atoms with Crippen LogP contribution in [0.3, 0.4) is 0 Å². The predicted molar refractivity (Wildman–Crippen MR) is 127 cm³/mol. The van der Waals surface area contributed by atoms with Crippen molar-refractivity contribution >= 4 is 18.1 Å². The van der Waals surface area contributed by atoms with Gasteiger partial charge in [0.2, 0.25) is 0 Å². The van der Waals surface area contributed by atoms with Crippen molar-refractivity contribution in [2.24, 2.45) is 0 Å². The van der Waals surface area contributed by atoms with Crippen molar-refractivity contribution in [1.29, 1.82) is 0 Å². The molecule has 4 rings (SSSR count). The van der Waals surface area contributed by atoms with Gasteiger partial charge in [-0.3, -0.25) is 0 Å². The van der Waals surface area contributed by atoms with Gasteiger partial charge in [0, 0.05) is 12.5 Å². The third kappa shape index (κ3) is 4.90. The number of carboxylic acid groups (broad SMARTS) is 1. The maximum atomic E-state index is 12.2. The first-order chi connectivity index (χ1) is 16.1. The van der Waals surface area contributed by atoms with E-state index < -0.39 is 12.1 Å². The Balaban J connectivity index is 1.27.